The molecule has 0 saturated heterocycles. The molecule has 300 valence electrons. The van der Waals surface area contributed by atoms with Crippen molar-refractivity contribution in [3.05, 3.63) is 106 Å². The number of benzene rings is 3. The van der Waals surface area contributed by atoms with Crippen molar-refractivity contribution in [3.8, 4) is 0 Å². The van der Waals surface area contributed by atoms with E-state index in [0.29, 0.717) is 47.4 Å². The zero-order valence-electron chi connectivity index (χ0n) is 32.5. The maximum Gasteiger partial charge on any atom is 0.418 e. The molecule has 0 radical (unpaired) electrons. The number of aromatic amines is 1. The Labute approximate surface area is 331 Å². The number of carbonyl (C=O) groups excluding carboxylic acids is 3. The molecule has 13 heteroatoms. The lowest BCUT2D eigenvalue weighted by Gasteiger charge is -2.40. The Morgan fingerprint density at radius 1 is 0.911 bits per heavy atom. The molecule has 0 spiro atoms. The van der Waals surface area contributed by atoms with Gasteiger partial charge in [-0.25, -0.2) is 4.39 Å². The molecule has 1 aliphatic carbocycles. The summed E-state index contributed by atoms with van der Waals surface area (Å²) in [5.74, 6) is -2.79. The average Bonchev–Trinajstić information content (AvgIpc) is 3.54. The van der Waals surface area contributed by atoms with E-state index in [1.807, 2.05) is 39.8 Å². The second kappa shape index (κ2) is 18.0. The van der Waals surface area contributed by atoms with Crippen molar-refractivity contribution in [3.63, 3.8) is 0 Å². The summed E-state index contributed by atoms with van der Waals surface area (Å²) in [7, 11) is 0. The minimum Gasteiger partial charge on any atom is -0.378 e. The SMILES string of the molecule is CCC(C)[C@H](NC(=O)Cc1ccccc1F)C(=O)N[C@]1(C(=O)N[C@H](C(=S)NCCc2ccc(C)cc2)C(C)CC)CCc2[nH]c3c(C(F)(F)F)cccc3c2C1. The monoisotopic (exact) mass is 793 g/mol. The third kappa shape index (κ3) is 9.77. The Hall–Kier alpha value is -4.78. The first-order valence-corrected chi connectivity index (χ1v) is 19.7. The van der Waals surface area contributed by atoms with Gasteiger partial charge in [0, 0.05) is 24.0 Å². The van der Waals surface area contributed by atoms with Gasteiger partial charge in [0.1, 0.15) is 17.4 Å². The predicted octanol–water partition coefficient (Wildman–Crippen LogP) is 7.44. The minimum absolute atomic E-state index is 0.0585. The van der Waals surface area contributed by atoms with Gasteiger partial charge in [-0.05, 0) is 66.8 Å². The lowest BCUT2D eigenvalue weighted by atomic mass is 9.78. The van der Waals surface area contributed by atoms with Crippen molar-refractivity contribution in [1.29, 1.82) is 0 Å². The maximum atomic E-state index is 14.8. The summed E-state index contributed by atoms with van der Waals surface area (Å²) in [6, 6.07) is 16.3. The highest BCUT2D eigenvalue weighted by molar-refractivity contribution is 7.80. The second-order valence-corrected chi connectivity index (χ2v) is 15.6. The summed E-state index contributed by atoms with van der Waals surface area (Å²) < 4.78 is 56.8. The number of rotatable bonds is 15. The number of halogens is 4. The van der Waals surface area contributed by atoms with E-state index in [9.17, 15) is 31.9 Å². The number of H-pyrrole nitrogens is 1. The molecule has 56 heavy (non-hydrogen) atoms. The number of amides is 3. The van der Waals surface area contributed by atoms with E-state index < -0.39 is 52.9 Å². The van der Waals surface area contributed by atoms with E-state index in [0.717, 1.165) is 17.2 Å². The molecule has 0 fully saturated rings. The molecular formula is C43H51F4N5O3S. The van der Waals surface area contributed by atoms with Crippen molar-refractivity contribution in [2.24, 2.45) is 11.8 Å². The number of carbonyl (C=O) groups is 3. The smallest absolute Gasteiger partial charge is 0.378 e. The van der Waals surface area contributed by atoms with Gasteiger partial charge >= 0.3 is 6.18 Å². The number of nitrogens with one attached hydrogen (secondary N) is 5. The van der Waals surface area contributed by atoms with Crippen LogP contribution >= 0.6 is 12.2 Å². The van der Waals surface area contributed by atoms with Crippen LogP contribution in [0.3, 0.4) is 0 Å². The summed E-state index contributed by atoms with van der Waals surface area (Å²) in [6.07, 6.45) is -2.96. The van der Waals surface area contributed by atoms with E-state index >= 15 is 0 Å². The number of hydrogen-bond acceptors (Lipinski definition) is 4. The minimum atomic E-state index is -4.62. The zero-order chi connectivity index (χ0) is 40.8. The second-order valence-electron chi connectivity index (χ2n) is 15.1. The molecule has 5 N–H and O–H groups in total. The molecule has 3 aromatic carbocycles. The Morgan fingerprint density at radius 3 is 2.25 bits per heavy atom. The lowest BCUT2D eigenvalue weighted by Crippen LogP contribution is -2.67. The summed E-state index contributed by atoms with van der Waals surface area (Å²) in [4.78, 5) is 45.9. The van der Waals surface area contributed by atoms with Crippen LogP contribution in [0.5, 0.6) is 0 Å². The van der Waals surface area contributed by atoms with Crippen LogP contribution in [-0.2, 0) is 46.2 Å². The molecule has 5 rings (SSSR count). The van der Waals surface area contributed by atoms with Crippen LogP contribution in [0, 0.1) is 24.6 Å². The first-order valence-electron chi connectivity index (χ1n) is 19.3. The standard InChI is InChI=1S/C43H51F4N5O3S/c1-6-26(4)36(50-35(53)23-29-11-8-9-14-33(29)44)39(54)52-42(21-19-34-31(24-42)30-12-10-13-32(38(30)49-34)43(45,46)47)41(55)51-37(27(5)7-2)40(56)48-22-20-28-17-15-25(3)16-18-28/h8-18,26-27,36-37,49H,6-7,19-24H2,1-5H3,(H,48,56)(H,50,53)(H,51,55)(H,52,54)/t26?,27?,36-,37-,42+/m0/s1. The predicted molar refractivity (Wildman–Crippen MR) is 215 cm³/mol. The highest BCUT2D eigenvalue weighted by Gasteiger charge is 2.47. The summed E-state index contributed by atoms with van der Waals surface area (Å²) in [6.45, 7) is 10.1. The normalized spacial score (nSPS) is 17.6. The third-order valence-corrected chi connectivity index (χ3v) is 11.5. The van der Waals surface area contributed by atoms with E-state index in [2.05, 4.69) is 38.4 Å². The summed E-state index contributed by atoms with van der Waals surface area (Å²) >= 11 is 5.86. The molecule has 0 saturated carbocycles. The van der Waals surface area contributed by atoms with Gasteiger partial charge in [0.2, 0.25) is 17.7 Å². The number of aromatic nitrogens is 1. The number of hydrogen-bond donors (Lipinski definition) is 5. The lowest BCUT2D eigenvalue weighted by molar-refractivity contribution is -0.137. The van der Waals surface area contributed by atoms with Crippen molar-refractivity contribution >= 4 is 45.8 Å². The van der Waals surface area contributed by atoms with E-state index in [-0.39, 0.29) is 48.6 Å². The Morgan fingerprint density at radius 2 is 1.59 bits per heavy atom. The molecule has 1 aromatic heterocycles. The Kier molecular flexibility index (Phi) is 13.6. The molecule has 8 nitrogen and oxygen atoms in total. The number of alkyl halides is 3. The van der Waals surface area contributed by atoms with Crippen LogP contribution in [0.15, 0.2) is 66.7 Å². The summed E-state index contributed by atoms with van der Waals surface area (Å²) in [5, 5.41) is 12.5. The highest BCUT2D eigenvalue weighted by Crippen LogP contribution is 2.40. The Balaban J connectivity index is 1.46. The topological polar surface area (TPSA) is 115 Å². The molecule has 0 aliphatic heterocycles. The van der Waals surface area contributed by atoms with Gasteiger partial charge < -0.3 is 26.3 Å². The van der Waals surface area contributed by atoms with Crippen LogP contribution in [0.25, 0.3) is 10.9 Å². The highest BCUT2D eigenvalue weighted by atomic mass is 32.1. The van der Waals surface area contributed by atoms with Gasteiger partial charge in [-0.3, -0.25) is 14.4 Å². The molecule has 1 aliphatic rings. The maximum absolute atomic E-state index is 14.8. The van der Waals surface area contributed by atoms with E-state index in [1.54, 1.807) is 19.1 Å². The molecular weight excluding hydrogens is 743 g/mol. The van der Waals surface area contributed by atoms with Crippen molar-refractivity contribution < 1.29 is 31.9 Å². The summed E-state index contributed by atoms with van der Waals surface area (Å²) in [5.41, 5.74) is 0.965. The zero-order valence-corrected chi connectivity index (χ0v) is 33.3. The van der Waals surface area contributed by atoms with Gasteiger partial charge in [-0.15, -0.1) is 0 Å². The van der Waals surface area contributed by atoms with E-state index in [4.69, 9.17) is 12.2 Å². The van der Waals surface area contributed by atoms with Gasteiger partial charge in [-0.2, -0.15) is 13.2 Å². The number of fused-ring (bicyclic) bond motifs is 3. The average molecular weight is 794 g/mol. The molecule has 5 atom stereocenters. The Bertz CT molecular complexity index is 2050. The third-order valence-electron chi connectivity index (χ3n) is 11.1. The fourth-order valence-corrected chi connectivity index (χ4v) is 7.69. The van der Waals surface area contributed by atoms with Crippen molar-refractivity contribution in [2.45, 2.75) is 103 Å². The first kappa shape index (κ1) is 42.4. The molecule has 1 heterocycles. The first-order chi connectivity index (χ1) is 26.6. The molecule has 0 bridgehead atoms. The fourth-order valence-electron chi connectivity index (χ4n) is 7.30. The quantitative estimate of drug-likeness (QED) is 0.0635. The molecule has 2 unspecified atom stereocenters. The van der Waals surface area contributed by atoms with Crippen LogP contribution < -0.4 is 21.3 Å². The molecule has 3 amide bonds. The van der Waals surface area contributed by atoms with Crippen molar-refractivity contribution in [1.82, 2.24) is 26.3 Å². The van der Waals surface area contributed by atoms with Gasteiger partial charge in [-0.1, -0.05) is 113 Å². The number of aryl methyl sites for hydroxylation is 2. The van der Waals surface area contributed by atoms with Gasteiger partial charge in [0.05, 0.1) is 28.5 Å². The van der Waals surface area contributed by atoms with Crippen LogP contribution in [0.2, 0.25) is 0 Å². The number of thiocarbonyl (C=S) groups is 1. The van der Waals surface area contributed by atoms with Crippen LogP contribution in [0.1, 0.15) is 80.5 Å². The largest absolute Gasteiger partial charge is 0.418 e. The van der Waals surface area contributed by atoms with Crippen LogP contribution in [0.4, 0.5) is 17.6 Å². The van der Waals surface area contributed by atoms with Gasteiger partial charge in [0.15, 0.2) is 0 Å². The fraction of sp³-hybridized carbons (Fsp3) is 0.442. The van der Waals surface area contributed by atoms with Crippen LogP contribution in [-0.4, -0.2) is 51.9 Å². The molecule has 4 aromatic rings. The van der Waals surface area contributed by atoms with Gasteiger partial charge in [0.25, 0.3) is 0 Å². The van der Waals surface area contributed by atoms with Crippen molar-refractivity contribution in [2.75, 3.05) is 6.54 Å². The number of para-hydroxylation sites is 1. The van der Waals surface area contributed by atoms with E-state index in [1.165, 1.54) is 24.3 Å².